The molecular weight excluding hydrogens is 383 g/mol. The summed E-state index contributed by atoms with van der Waals surface area (Å²) in [5.74, 6) is -0.491. The normalized spacial score (nSPS) is 11.3. The monoisotopic (exact) mass is 401 g/mol. The van der Waals surface area contributed by atoms with E-state index in [4.69, 9.17) is 0 Å². The molecule has 5 nitrogen and oxygen atoms in total. The van der Waals surface area contributed by atoms with Crippen LogP contribution >= 0.6 is 0 Å². The van der Waals surface area contributed by atoms with Crippen molar-refractivity contribution in [3.8, 4) is 0 Å². The summed E-state index contributed by atoms with van der Waals surface area (Å²) in [5, 5.41) is 6.76. The minimum atomic E-state index is -4.43. The Hall–Kier alpha value is -3.42. The number of hydrogen-bond donors (Lipinski definition) is 1. The Balaban J connectivity index is 1.79. The van der Waals surface area contributed by atoms with Gasteiger partial charge in [0.1, 0.15) is 5.69 Å². The first-order chi connectivity index (χ1) is 13.6. The van der Waals surface area contributed by atoms with E-state index in [0.717, 1.165) is 27.9 Å². The van der Waals surface area contributed by atoms with Gasteiger partial charge in [0.25, 0.3) is 11.5 Å². The molecule has 0 saturated carbocycles. The lowest BCUT2D eigenvalue weighted by atomic mass is 10.1. The van der Waals surface area contributed by atoms with E-state index in [-0.39, 0.29) is 12.2 Å². The van der Waals surface area contributed by atoms with Gasteiger partial charge in [-0.25, -0.2) is 4.68 Å². The number of aryl methyl sites for hydroxylation is 2. The molecule has 0 bridgehead atoms. The summed E-state index contributed by atoms with van der Waals surface area (Å²) in [6.07, 6.45) is -4.43. The standard InChI is InChI=1S/C21H18F3N3O2/c1-13-3-8-17(11-14(13)2)25-20(29)18-9-10-19(28)27(26-18)12-15-4-6-16(7-5-15)21(22,23)24/h3-11H,12H2,1-2H3,(H,25,29). The summed E-state index contributed by atoms with van der Waals surface area (Å²) in [4.78, 5) is 24.5. The topological polar surface area (TPSA) is 64.0 Å². The first kappa shape index (κ1) is 20.3. The van der Waals surface area contributed by atoms with Crippen molar-refractivity contribution in [3.05, 3.63) is 92.9 Å². The van der Waals surface area contributed by atoms with Crippen molar-refractivity contribution < 1.29 is 18.0 Å². The highest BCUT2D eigenvalue weighted by atomic mass is 19.4. The van der Waals surface area contributed by atoms with E-state index in [0.29, 0.717) is 11.3 Å². The third-order valence-corrected chi connectivity index (χ3v) is 4.48. The summed E-state index contributed by atoms with van der Waals surface area (Å²) in [6.45, 7) is 3.83. The van der Waals surface area contributed by atoms with Gasteiger partial charge >= 0.3 is 6.18 Å². The van der Waals surface area contributed by atoms with Crippen molar-refractivity contribution in [3.63, 3.8) is 0 Å². The van der Waals surface area contributed by atoms with Crippen molar-refractivity contribution in [2.45, 2.75) is 26.6 Å². The molecule has 0 atom stereocenters. The number of carbonyl (C=O) groups is 1. The molecule has 2 aromatic carbocycles. The zero-order valence-corrected chi connectivity index (χ0v) is 15.7. The molecule has 1 amide bonds. The number of amides is 1. The van der Waals surface area contributed by atoms with Crippen LogP contribution in [0.4, 0.5) is 18.9 Å². The number of nitrogens with one attached hydrogen (secondary N) is 1. The predicted octanol–water partition coefficient (Wildman–Crippen LogP) is 4.18. The number of carbonyl (C=O) groups excluding carboxylic acids is 1. The second-order valence-electron chi connectivity index (χ2n) is 6.66. The second-order valence-corrected chi connectivity index (χ2v) is 6.66. The zero-order chi connectivity index (χ0) is 21.2. The molecule has 1 aromatic heterocycles. The first-order valence-electron chi connectivity index (χ1n) is 8.76. The maximum Gasteiger partial charge on any atom is 0.416 e. The molecule has 1 heterocycles. The van der Waals surface area contributed by atoms with E-state index >= 15 is 0 Å². The van der Waals surface area contributed by atoms with Gasteiger partial charge in [0.15, 0.2) is 0 Å². The van der Waals surface area contributed by atoms with Crippen molar-refractivity contribution in [2.75, 3.05) is 5.32 Å². The van der Waals surface area contributed by atoms with Gasteiger partial charge in [0.2, 0.25) is 0 Å². The number of nitrogens with zero attached hydrogens (tertiary/aromatic N) is 2. The van der Waals surface area contributed by atoms with Gasteiger partial charge < -0.3 is 5.32 Å². The lowest BCUT2D eigenvalue weighted by Crippen LogP contribution is -2.26. The molecule has 0 aliphatic carbocycles. The Labute approximate surface area is 164 Å². The lowest BCUT2D eigenvalue weighted by Gasteiger charge is -2.10. The largest absolute Gasteiger partial charge is 0.416 e. The van der Waals surface area contributed by atoms with Crippen LogP contribution in [0.5, 0.6) is 0 Å². The van der Waals surface area contributed by atoms with Crippen LogP contribution in [-0.2, 0) is 12.7 Å². The fourth-order valence-electron chi connectivity index (χ4n) is 2.67. The van der Waals surface area contributed by atoms with E-state index in [1.165, 1.54) is 24.3 Å². The highest BCUT2D eigenvalue weighted by Gasteiger charge is 2.29. The summed E-state index contributed by atoms with van der Waals surface area (Å²) in [5.41, 5.74) is 1.94. The first-order valence-corrected chi connectivity index (χ1v) is 8.76. The van der Waals surface area contributed by atoms with E-state index in [2.05, 4.69) is 10.4 Å². The van der Waals surface area contributed by atoms with E-state index in [1.807, 2.05) is 26.0 Å². The smallest absolute Gasteiger partial charge is 0.321 e. The molecule has 0 fully saturated rings. The molecule has 8 heteroatoms. The van der Waals surface area contributed by atoms with Gasteiger partial charge in [-0.2, -0.15) is 18.3 Å². The number of benzene rings is 2. The van der Waals surface area contributed by atoms with Gasteiger partial charge in [-0.15, -0.1) is 0 Å². The quantitative estimate of drug-likeness (QED) is 0.713. The number of alkyl halides is 3. The molecule has 0 radical (unpaired) electrons. The second kappa shape index (κ2) is 7.90. The van der Waals surface area contributed by atoms with Crippen molar-refractivity contribution in [1.29, 1.82) is 0 Å². The predicted molar refractivity (Wildman–Crippen MR) is 103 cm³/mol. The summed E-state index contributed by atoms with van der Waals surface area (Å²) in [6, 6.07) is 12.4. The van der Waals surface area contributed by atoms with E-state index in [1.54, 1.807) is 6.07 Å². The molecule has 0 aliphatic rings. The van der Waals surface area contributed by atoms with Crippen molar-refractivity contribution >= 4 is 11.6 Å². The van der Waals surface area contributed by atoms with Crippen LogP contribution in [-0.4, -0.2) is 15.7 Å². The van der Waals surface area contributed by atoms with Crippen LogP contribution in [0.25, 0.3) is 0 Å². The molecule has 0 aliphatic heterocycles. The Bertz CT molecular complexity index is 1100. The molecule has 3 rings (SSSR count). The Morgan fingerprint density at radius 1 is 1.00 bits per heavy atom. The zero-order valence-electron chi connectivity index (χ0n) is 15.7. The highest BCUT2D eigenvalue weighted by Crippen LogP contribution is 2.29. The van der Waals surface area contributed by atoms with Crippen LogP contribution in [0.15, 0.2) is 59.4 Å². The Morgan fingerprint density at radius 3 is 2.31 bits per heavy atom. The average Bonchev–Trinajstić information content (AvgIpc) is 2.66. The summed E-state index contributed by atoms with van der Waals surface area (Å²) < 4.78 is 39.0. The average molecular weight is 401 g/mol. The molecule has 0 unspecified atom stereocenters. The Morgan fingerprint density at radius 2 is 1.69 bits per heavy atom. The van der Waals surface area contributed by atoms with Crippen molar-refractivity contribution in [1.82, 2.24) is 9.78 Å². The maximum atomic E-state index is 12.7. The maximum absolute atomic E-state index is 12.7. The van der Waals surface area contributed by atoms with Crippen LogP contribution in [0, 0.1) is 13.8 Å². The SMILES string of the molecule is Cc1ccc(NC(=O)c2ccc(=O)n(Cc3ccc(C(F)(F)F)cc3)n2)cc1C. The highest BCUT2D eigenvalue weighted by molar-refractivity contribution is 6.02. The van der Waals surface area contributed by atoms with E-state index in [9.17, 15) is 22.8 Å². The third kappa shape index (κ3) is 4.90. The third-order valence-electron chi connectivity index (χ3n) is 4.48. The van der Waals surface area contributed by atoms with Crippen molar-refractivity contribution in [2.24, 2.45) is 0 Å². The minimum Gasteiger partial charge on any atom is -0.321 e. The van der Waals surface area contributed by atoms with Crippen LogP contribution in [0.2, 0.25) is 0 Å². The van der Waals surface area contributed by atoms with Gasteiger partial charge in [-0.3, -0.25) is 9.59 Å². The van der Waals surface area contributed by atoms with Gasteiger partial charge in [-0.05, 0) is 60.9 Å². The fourth-order valence-corrected chi connectivity index (χ4v) is 2.67. The Kier molecular flexibility index (Phi) is 5.54. The lowest BCUT2D eigenvalue weighted by molar-refractivity contribution is -0.137. The number of halogens is 3. The molecule has 3 aromatic rings. The minimum absolute atomic E-state index is 0.0229. The van der Waals surface area contributed by atoms with Gasteiger partial charge in [-0.1, -0.05) is 18.2 Å². The number of anilines is 1. The number of hydrogen-bond acceptors (Lipinski definition) is 3. The summed E-state index contributed by atoms with van der Waals surface area (Å²) >= 11 is 0. The van der Waals surface area contributed by atoms with Crippen LogP contribution in [0.1, 0.15) is 32.7 Å². The number of aromatic nitrogens is 2. The van der Waals surface area contributed by atoms with Crippen LogP contribution < -0.4 is 10.9 Å². The number of rotatable bonds is 4. The molecule has 0 spiro atoms. The molecular formula is C21H18F3N3O2. The molecule has 29 heavy (non-hydrogen) atoms. The fraction of sp³-hybridized carbons (Fsp3) is 0.190. The molecule has 0 saturated heterocycles. The van der Waals surface area contributed by atoms with E-state index < -0.39 is 23.2 Å². The van der Waals surface area contributed by atoms with Gasteiger partial charge in [0.05, 0.1) is 12.1 Å². The summed E-state index contributed by atoms with van der Waals surface area (Å²) in [7, 11) is 0. The van der Waals surface area contributed by atoms with Crippen LogP contribution in [0.3, 0.4) is 0 Å². The molecule has 150 valence electrons. The molecule has 1 N–H and O–H groups in total. The van der Waals surface area contributed by atoms with Gasteiger partial charge in [0, 0.05) is 11.8 Å².